The average Bonchev–Trinajstić information content (AvgIpc) is 3.12. The fourth-order valence-electron chi connectivity index (χ4n) is 3.35. The van der Waals surface area contributed by atoms with Crippen LogP contribution in [0.25, 0.3) is 0 Å². The molecule has 1 aliphatic heterocycles. The van der Waals surface area contributed by atoms with Crippen LogP contribution in [0.2, 0.25) is 0 Å². The quantitative estimate of drug-likeness (QED) is 0.770. The van der Waals surface area contributed by atoms with E-state index in [0.29, 0.717) is 18.7 Å². The SMILES string of the molecule is CC(C)(C)OC(=O)N1CC[C@@H](C#N)[C@H](n2cc(C(N)=O)c(Nc3ccc(F)cc3)n2)C1. The van der Waals surface area contributed by atoms with E-state index < -0.39 is 35.4 Å². The Morgan fingerprint density at radius 2 is 2.00 bits per heavy atom. The van der Waals surface area contributed by atoms with Crippen molar-refractivity contribution in [3.63, 3.8) is 0 Å². The number of nitrogens with zero attached hydrogens (tertiary/aromatic N) is 4. The zero-order valence-electron chi connectivity index (χ0n) is 17.6. The minimum absolute atomic E-state index is 0.121. The van der Waals surface area contributed by atoms with E-state index in [1.165, 1.54) is 40.0 Å². The molecule has 2 amide bonds. The predicted molar refractivity (Wildman–Crippen MR) is 111 cm³/mol. The fraction of sp³-hybridized carbons (Fsp3) is 0.429. The summed E-state index contributed by atoms with van der Waals surface area (Å²) in [6, 6.07) is 7.31. The number of nitrogens with one attached hydrogen (secondary N) is 1. The van der Waals surface area contributed by atoms with Gasteiger partial charge in [-0.25, -0.2) is 9.18 Å². The minimum Gasteiger partial charge on any atom is -0.444 e. The van der Waals surface area contributed by atoms with Crippen molar-refractivity contribution >= 4 is 23.5 Å². The maximum Gasteiger partial charge on any atom is 0.410 e. The number of benzene rings is 1. The van der Waals surface area contributed by atoms with Crippen LogP contribution < -0.4 is 11.1 Å². The van der Waals surface area contributed by atoms with Gasteiger partial charge in [0.25, 0.3) is 5.91 Å². The van der Waals surface area contributed by atoms with Crippen molar-refractivity contribution in [3.05, 3.63) is 41.8 Å². The Morgan fingerprint density at radius 3 is 2.58 bits per heavy atom. The average molecular weight is 428 g/mol. The summed E-state index contributed by atoms with van der Waals surface area (Å²) >= 11 is 0. The van der Waals surface area contributed by atoms with Crippen molar-refractivity contribution in [1.82, 2.24) is 14.7 Å². The van der Waals surface area contributed by atoms with Gasteiger partial charge in [0.2, 0.25) is 0 Å². The first kappa shape index (κ1) is 22.1. The molecule has 0 unspecified atom stereocenters. The smallest absolute Gasteiger partial charge is 0.410 e. The molecule has 31 heavy (non-hydrogen) atoms. The van der Waals surface area contributed by atoms with Gasteiger partial charge in [0.05, 0.1) is 18.0 Å². The first-order valence-electron chi connectivity index (χ1n) is 9.86. The summed E-state index contributed by atoms with van der Waals surface area (Å²) in [6.45, 7) is 5.93. The minimum atomic E-state index is -0.704. The standard InChI is InChI=1S/C21H25FN6O3/c1-21(2,3)31-20(30)27-9-8-13(10-23)17(12-27)28-11-16(18(24)29)19(26-28)25-15-6-4-14(22)5-7-15/h4-7,11,13,17H,8-9,12H2,1-3H3,(H2,24,29)(H,25,26)/t13-,17+/m0/s1. The zero-order valence-corrected chi connectivity index (χ0v) is 17.6. The van der Waals surface area contributed by atoms with Crippen LogP contribution >= 0.6 is 0 Å². The van der Waals surface area contributed by atoms with E-state index in [2.05, 4.69) is 16.5 Å². The molecule has 3 rings (SSSR count). The van der Waals surface area contributed by atoms with Crippen LogP contribution in [0.1, 0.15) is 43.6 Å². The number of aromatic nitrogens is 2. The number of anilines is 2. The van der Waals surface area contributed by atoms with E-state index in [9.17, 15) is 19.2 Å². The fourth-order valence-corrected chi connectivity index (χ4v) is 3.35. The van der Waals surface area contributed by atoms with E-state index in [4.69, 9.17) is 10.5 Å². The van der Waals surface area contributed by atoms with Crippen molar-refractivity contribution in [2.24, 2.45) is 11.7 Å². The largest absolute Gasteiger partial charge is 0.444 e. The Hall–Kier alpha value is -3.61. The van der Waals surface area contributed by atoms with E-state index in [-0.39, 0.29) is 17.9 Å². The van der Waals surface area contributed by atoms with Crippen molar-refractivity contribution in [3.8, 4) is 6.07 Å². The lowest BCUT2D eigenvalue weighted by atomic mass is 9.93. The number of halogens is 1. The summed E-state index contributed by atoms with van der Waals surface area (Å²) in [4.78, 5) is 26.0. The monoisotopic (exact) mass is 428 g/mol. The highest BCUT2D eigenvalue weighted by Crippen LogP contribution is 2.30. The van der Waals surface area contributed by atoms with Crippen LogP contribution in [-0.4, -0.2) is 45.4 Å². The molecule has 3 N–H and O–H groups in total. The molecule has 9 nitrogen and oxygen atoms in total. The lowest BCUT2D eigenvalue weighted by molar-refractivity contribution is 0.0135. The molecule has 2 heterocycles. The third kappa shape index (κ3) is 5.31. The molecule has 0 bridgehead atoms. The summed E-state index contributed by atoms with van der Waals surface area (Å²) < 4.78 is 20.1. The molecule has 1 fully saturated rings. The summed E-state index contributed by atoms with van der Waals surface area (Å²) in [6.07, 6.45) is 1.43. The normalized spacial score (nSPS) is 18.9. The molecule has 164 valence electrons. The molecule has 2 atom stereocenters. The van der Waals surface area contributed by atoms with Gasteiger partial charge in [0, 0.05) is 25.0 Å². The molecule has 0 spiro atoms. The first-order valence-corrected chi connectivity index (χ1v) is 9.86. The Bertz CT molecular complexity index is 1010. The lowest BCUT2D eigenvalue weighted by Gasteiger charge is -2.36. The number of carbonyl (C=O) groups excluding carboxylic acids is 2. The topological polar surface area (TPSA) is 126 Å². The number of ether oxygens (including phenoxy) is 1. The van der Waals surface area contributed by atoms with Crippen LogP contribution in [-0.2, 0) is 4.74 Å². The van der Waals surface area contributed by atoms with E-state index >= 15 is 0 Å². The number of amides is 2. The molecule has 1 aromatic heterocycles. The number of carbonyl (C=O) groups is 2. The molecular weight excluding hydrogens is 403 g/mol. The maximum absolute atomic E-state index is 13.2. The van der Waals surface area contributed by atoms with Crippen molar-refractivity contribution in [2.75, 3.05) is 18.4 Å². The number of likely N-dealkylation sites (tertiary alicyclic amines) is 1. The molecule has 1 aromatic carbocycles. The van der Waals surface area contributed by atoms with Gasteiger partial charge in [-0.2, -0.15) is 10.4 Å². The highest BCUT2D eigenvalue weighted by Gasteiger charge is 2.36. The van der Waals surface area contributed by atoms with E-state index in [0.717, 1.165) is 0 Å². The molecular formula is C21H25FN6O3. The van der Waals surface area contributed by atoms with Crippen molar-refractivity contribution < 1.29 is 18.7 Å². The zero-order chi connectivity index (χ0) is 22.8. The summed E-state index contributed by atoms with van der Waals surface area (Å²) in [5.74, 6) is -1.33. The van der Waals surface area contributed by atoms with Crippen LogP contribution in [0, 0.1) is 23.1 Å². The molecule has 0 aliphatic carbocycles. The van der Waals surface area contributed by atoms with Gasteiger partial charge >= 0.3 is 6.09 Å². The van der Waals surface area contributed by atoms with Gasteiger partial charge in [-0.05, 0) is 51.5 Å². The summed E-state index contributed by atoms with van der Waals surface area (Å²) in [5.41, 5.74) is 5.50. The number of primary amides is 1. The number of hydrogen-bond donors (Lipinski definition) is 2. The second kappa shape index (κ2) is 8.63. The first-order chi connectivity index (χ1) is 14.6. The second-order valence-corrected chi connectivity index (χ2v) is 8.39. The Kier molecular flexibility index (Phi) is 6.15. The summed E-state index contributed by atoms with van der Waals surface area (Å²) in [5, 5.41) is 17.0. The molecule has 2 aromatic rings. The Labute approximate surface area is 179 Å². The lowest BCUT2D eigenvalue weighted by Crippen LogP contribution is -2.46. The third-order valence-electron chi connectivity index (χ3n) is 4.84. The predicted octanol–water partition coefficient (Wildman–Crippen LogP) is 3.19. The number of hydrogen-bond acceptors (Lipinski definition) is 6. The van der Waals surface area contributed by atoms with Crippen LogP contribution in [0.4, 0.5) is 20.7 Å². The van der Waals surface area contributed by atoms with Crippen LogP contribution in [0.3, 0.4) is 0 Å². The van der Waals surface area contributed by atoms with Gasteiger partial charge in [0.15, 0.2) is 5.82 Å². The number of rotatable bonds is 4. The molecule has 10 heteroatoms. The Balaban J connectivity index is 1.88. The third-order valence-corrected chi connectivity index (χ3v) is 4.84. The van der Waals surface area contributed by atoms with E-state index in [1.807, 2.05) is 0 Å². The highest BCUT2D eigenvalue weighted by molar-refractivity contribution is 5.98. The second-order valence-electron chi connectivity index (χ2n) is 8.39. The van der Waals surface area contributed by atoms with Gasteiger partial charge in [0.1, 0.15) is 17.0 Å². The van der Waals surface area contributed by atoms with Gasteiger partial charge in [-0.3, -0.25) is 9.48 Å². The van der Waals surface area contributed by atoms with Gasteiger partial charge < -0.3 is 20.7 Å². The van der Waals surface area contributed by atoms with Crippen molar-refractivity contribution in [2.45, 2.75) is 38.8 Å². The Morgan fingerprint density at radius 1 is 1.32 bits per heavy atom. The summed E-state index contributed by atoms with van der Waals surface area (Å²) in [7, 11) is 0. The molecule has 0 radical (unpaired) electrons. The molecule has 0 saturated carbocycles. The number of piperidine rings is 1. The number of nitrogens with two attached hydrogens (primary N) is 1. The molecule has 1 aliphatic rings. The van der Waals surface area contributed by atoms with E-state index in [1.54, 1.807) is 20.8 Å². The molecule has 1 saturated heterocycles. The number of nitriles is 1. The van der Waals surface area contributed by atoms with Crippen LogP contribution in [0.15, 0.2) is 30.5 Å². The van der Waals surface area contributed by atoms with Gasteiger partial charge in [-0.1, -0.05) is 0 Å². The van der Waals surface area contributed by atoms with Crippen molar-refractivity contribution in [1.29, 1.82) is 5.26 Å². The highest BCUT2D eigenvalue weighted by atomic mass is 19.1. The van der Waals surface area contributed by atoms with Crippen LogP contribution in [0.5, 0.6) is 0 Å². The van der Waals surface area contributed by atoms with Gasteiger partial charge in [-0.15, -0.1) is 0 Å². The maximum atomic E-state index is 13.2.